The molecule has 1 fully saturated rings. The highest BCUT2D eigenvalue weighted by atomic mass is 19.1. The number of rotatable bonds is 1. The maximum atomic E-state index is 13.1. The normalized spacial score (nSPS) is 19.6. The lowest BCUT2D eigenvalue weighted by Gasteiger charge is -2.36. The fourth-order valence-corrected chi connectivity index (χ4v) is 1.32. The standard InChI is InChI=1S/C9H8F2O2/c10-6-1-2-7(8(11)3-6)9(12)4-13-5-9/h1-3,12H,4-5H2. The molecule has 0 atom stereocenters. The second kappa shape index (κ2) is 2.75. The first kappa shape index (κ1) is 8.59. The lowest BCUT2D eigenvalue weighted by Crippen LogP contribution is -2.47. The van der Waals surface area contributed by atoms with Crippen molar-refractivity contribution in [1.29, 1.82) is 0 Å². The van der Waals surface area contributed by atoms with E-state index in [4.69, 9.17) is 4.74 Å². The van der Waals surface area contributed by atoms with Gasteiger partial charge >= 0.3 is 0 Å². The van der Waals surface area contributed by atoms with Gasteiger partial charge in [-0.3, -0.25) is 0 Å². The van der Waals surface area contributed by atoms with Crippen LogP contribution in [0.3, 0.4) is 0 Å². The zero-order valence-electron chi connectivity index (χ0n) is 6.76. The molecule has 1 saturated heterocycles. The summed E-state index contributed by atoms with van der Waals surface area (Å²) in [5, 5.41) is 9.67. The van der Waals surface area contributed by atoms with Crippen molar-refractivity contribution in [2.45, 2.75) is 5.60 Å². The number of ether oxygens (including phenoxy) is 1. The largest absolute Gasteiger partial charge is 0.380 e. The average molecular weight is 186 g/mol. The molecule has 0 radical (unpaired) electrons. The minimum Gasteiger partial charge on any atom is -0.380 e. The first-order chi connectivity index (χ1) is 6.12. The van der Waals surface area contributed by atoms with Crippen LogP contribution in [0.5, 0.6) is 0 Å². The van der Waals surface area contributed by atoms with Crippen LogP contribution in [-0.4, -0.2) is 18.3 Å². The van der Waals surface area contributed by atoms with E-state index in [2.05, 4.69) is 0 Å². The van der Waals surface area contributed by atoms with Crippen LogP contribution in [0.15, 0.2) is 18.2 Å². The van der Waals surface area contributed by atoms with Gasteiger partial charge in [0.25, 0.3) is 0 Å². The van der Waals surface area contributed by atoms with Gasteiger partial charge in [-0.2, -0.15) is 0 Å². The molecule has 0 bridgehead atoms. The number of benzene rings is 1. The molecule has 0 unspecified atom stereocenters. The molecule has 0 amide bonds. The summed E-state index contributed by atoms with van der Waals surface area (Å²) in [4.78, 5) is 0. The highest BCUT2D eigenvalue weighted by Gasteiger charge is 2.40. The van der Waals surface area contributed by atoms with Crippen molar-refractivity contribution >= 4 is 0 Å². The summed E-state index contributed by atoms with van der Waals surface area (Å²) in [5.41, 5.74) is -1.17. The van der Waals surface area contributed by atoms with Gasteiger partial charge in [0.05, 0.1) is 13.2 Å². The smallest absolute Gasteiger partial charge is 0.139 e. The molecule has 1 aliphatic heterocycles. The fourth-order valence-electron chi connectivity index (χ4n) is 1.32. The minimum absolute atomic E-state index is 0.0650. The van der Waals surface area contributed by atoms with E-state index >= 15 is 0 Å². The molecule has 1 heterocycles. The van der Waals surface area contributed by atoms with Crippen LogP contribution in [0.1, 0.15) is 5.56 Å². The molecular weight excluding hydrogens is 178 g/mol. The third kappa shape index (κ3) is 1.32. The van der Waals surface area contributed by atoms with Gasteiger partial charge in [-0.1, -0.05) is 6.07 Å². The van der Waals surface area contributed by atoms with Gasteiger partial charge in [0, 0.05) is 11.6 Å². The van der Waals surface area contributed by atoms with Crippen LogP contribution in [-0.2, 0) is 10.3 Å². The fraction of sp³-hybridized carbons (Fsp3) is 0.333. The van der Waals surface area contributed by atoms with Crippen LogP contribution >= 0.6 is 0 Å². The second-order valence-corrected chi connectivity index (χ2v) is 3.15. The molecule has 1 N–H and O–H groups in total. The highest BCUT2D eigenvalue weighted by molar-refractivity contribution is 5.26. The van der Waals surface area contributed by atoms with Crippen molar-refractivity contribution in [3.05, 3.63) is 35.4 Å². The maximum absolute atomic E-state index is 13.1. The van der Waals surface area contributed by atoms with Crippen LogP contribution in [0.2, 0.25) is 0 Å². The lowest BCUT2D eigenvalue weighted by molar-refractivity contribution is -0.186. The third-order valence-corrected chi connectivity index (χ3v) is 2.11. The van der Waals surface area contributed by atoms with Crippen molar-refractivity contribution < 1.29 is 18.6 Å². The predicted molar refractivity (Wildman–Crippen MR) is 41.1 cm³/mol. The number of hydrogen-bond acceptors (Lipinski definition) is 2. The zero-order valence-corrected chi connectivity index (χ0v) is 6.76. The van der Waals surface area contributed by atoms with E-state index in [1.165, 1.54) is 6.07 Å². The van der Waals surface area contributed by atoms with Crippen molar-refractivity contribution in [2.24, 2.45) is 0 Å². The van der Waals surface area contributed by atoms with E-state index in [1.54, 1.807) is 0 Å². The molecule has 0 spiro atoms. The minimum atomic E-state index is -1.27. The zero-order chi connectivity index (χ0) is 9.47. The topological polar surface area (TPSA) is 29.5 Å². The summed E-state index contributed by atoms with van der Waals surface area (Å²) >= 11 is 0. The Morgan fingerprint density at radius 2 is 2.00 bits per heavy atom. The Morgan fingerprint density at radius 1 is 1.31 bits per heavy atom. The molecule has 13 heavy (non-hydrogen) atoms. The van der Waals surface area contributed by atoms with Gasteiger partial charge in [0.1, 0.15) is 17.2 Å². The highest BCUT2D eigenvalue weighted by Crippen LogP contribution is 2.31. The number of halogens is 2. The molecule has 1 aliphatic rings. The van der Waals surface area contributed by atoms with Gasteiger partial charge < -0.3 is 9.84 Å². The predicted octanol–water partition coefficient (Wildman–Crippen LogP) is 1.18. The average Bonchev–Trinajstić information content (AvgIpc) is 2.00. The van der Waals surface area contributed by atoms with E-state index < -0.39 is 17.2 Å². The quantitative estimate of drug-likeness (QED) is 0.713. The molecule has 1 aromatic carbocycles. The summed E-state index contributed by atoms with van der Waals surface area (Å²) in [7, 11) is 0. The van der Waals surface area contributed by atoms with Gasteiger partial charge in [-0.15, -0.1) is 0 Å². The summed E-state index contributed by atoms with van der Waals surface area (Å²) in [6.45, 7) is 0.130. The van der Waals surface area contributed by atoms with E-state index in [0.717, 1.165) is 12.1 Å². The first-order valence-corrected chi connectivity index (χ1v) is 3.87. The van der Waals surface area contributed by atoms with Crippen LogP contribution in [0.4, 0.5) is 8.78 Å². The molecule has 2 nitrogen and oxygen atoms in total. The SMILES string of the molecule is OC1(c2ccc(F)cc2F)COC1. The molecule has 2 rings (SSSR count). The lowest BCUT2D eigenvalue weighted by atomic mass is 9.92. The van der Waals surface area contributed by atoms with Gasteiger partial charge in [0.15, 0.2) is 0 Å². The van der Waals surface area contributed by atoms with Gasteiger partial charge in [0.2, 0.25) is 0 Å². The monoisotopic (exact) mass is 186 g/mol. The Balaban J connectivity index is 2.40. The Hall–Kier alpha value is -1.00. The molecule has 70 valence electrons. The van der Waals surface area contributed by atoms with E-state index in [0.29, 0.717) is 0 Å². The summed E-state index contributed by atoms with van der Waals surface area (Å²) in [6.07, 6.45) is 0. The molecular formula is C9H8F2O2. The second-order valence-electron chi connectivity index (χ2n) is 3.15. The molecule has 1 aromatic rings. The van der Waals surface area contributed by atoms with Gasteiger partial charge in [-0.05, 0) is 6.07 Å². The molecule has 4 heteroatoms. The molecule has 0 aliphatic carbocycles. The van der Waals surface area contributed by atoms with E-state index in [-0.39, 0.29) is 18.8 Å². The Morgan fingerprint density at radius 3 is 2.46 bits per heavy atom. The van der Waals surface area contributed by atoms with Crippen LogP contribution in [0.25, 0.3) is 0 Å². The summed E-state index contributed by atoms with van der Waals surface area (Å²) in [5.74, 6) is -1.38. The van der Waals surface area contributed by atoms with E-state index in [1.807, 2.05) is 0 Å². The van der Waals surface area contributed by atoms with Crippen molar-refractivity contribution in [3.63, 3.8) is 0 Å². The number of aliphatic hydroxyl groups is 1. The Kier molecular flexibility index (Phi) is 1.82. The molecule has 0 aromatic heterocycles. The Bertz CT molecular complexity index is 334. The van der Waals surface area contributed by atoms with E-state index in [9.17, 15) is 13.9 Å². The van der Waals surface area contributed by atoms with Gasteiger partial charge in [-0.25, -0.2) is 8.78 Å². The summed E-state index contributed by atoms with van der Waals surface area (Å²) in [6, 6.07) is 3.12. The first-order valence-electron chi connectivity index (χ1n) is 3.87. The van der Waals surface area contributed by atoms with Crippen molar-refractivity contribution in [2.75, 3.05) is 13.2 Å². The van der Waals surface area contributed by atoms with Crippen LogP contribution < -0.4 is 0 Å². The van der Waals surface area contributed by atoms with Crippen LogP contribution in [0, 0.1) is 11.6 Å². The number of hydrogen-bond donors (Lipinski definition) is 1. The molecule has 0 saturated carbocycles. The summed E-state index contributed by atoms with van der Waals surface area (Å²) < 4.78 is 30.4. The maximum Gasteiger partial charge on any atom is 0.139 e. The van der Waals surface area contributed by atoms with Crippen molar-refractivity contribution in [3.8, 4) is 0 Å². The third-order valence-electron chi connectivity index (χ3n) is 2.11. The van der Waals surface area contributed by atoms with Crippen molar-refractivity contribution in [1.82, 2.24) is 0 Å². The Labute approximate surface area is 73.8 Å².